The van der Waals surface area contributed by atoms with E-state index in [1.54, 1.807) is 7.11 Å². The molecule has 0 bridgehead atoms. The normalized spacial score (nSPS) is 19.8. The molecule has 2 fully saturated rings. The van der Waals surface area contributed by atoms with Crippen molar-refractivity contribution in [3.63, 3.8) is 0 Å². The summed E-state index contributed by atoms with van der Waals surface area (Å²) in [6, 6.07) is 23.5. The maximum absolute atomic E-state index is 13.7. The fourth-order valence-electron chi connectivity index (χ4n) is 7.28. The van der Waals surface area contributed by atoms with Crippen molar-refractivity contribution in [2.24, 2.45) is 24.1 Å². The van der Waals surface area contributed by atoms with Crippen LogP contribution in [0.3, 0.4) is 0 Å². The number of methoxy groups -OCH3 is 1. The van der Waals surface area contributed by atoms with Gasteiger partial charge in [0.1, 0.15) is 11.3 Å². The number of benzene rings is 3. The Morgan fingerprint density at radius 3 is 2.61 bits per heavy atom. The number of imidazole rings is 1. The Bertz CT molecular complexity index is 1930. The van der Waals surface area contributed by atoms with Gasteiger partial charge in [0, 0.05) is 54.6 Å². The van der Waals surface area contributed by atoms with Gasteiger partial charge in [-0.2, -0.15) is 0 Å². The van der Waals surface area contributed by atoms with Gasteiger partial charge in [-0.15, -0.1) is 0 Å². The Morgan fingerprint density at radius 2 is 1.91 bits per heavy atom. The number of fused-ring (bicyclic) bond motifs is 2. The van der Waals surface area contributed by atoms with Crippen LogP contribution in [0.2, 0.25) is 0 Å². The lowest BCUT2D eigenvalue weighted by molar-refractivity contribution is -0.0403. The first-order valence-electron chi connectivity index (χ1n) is 16.8. The SMILES string of the molecule is CC[C@@]1(CN)CN(C(=O)c2cc(OC)c3c(c2)nc(-c2cc4ccc(/C=C/CCc5ccccc5)cc4n2CC2CC2)n3C)C1C. The van der Waals surface area contributed by atoms with E-state index in [-0.39, 0.29) is 17.4 Å². The fraction of sp³-hybridized carbons (Fsp3) is 0.385. The van der Waals surface area contributed by atoms with Crippen molar-refractivity contribution < 1.29 is 9.53 Å². The molecule has 2 aromatic heterocycles. The van der Waals surface area contributed by atoms with Gasteiger partial charge in [0.05, 0.1) is 18.3 Å². The highest BCUT2D eigenvalue weighted by Crippen LogP contribution is 2.42. The molecule has 7 heteroatoms. The van der Waals surface area contributed by atoms with Gasteiger partial charge in [-0.25, -0.2) is 4.98 Å². The standard InChI is InChI=1S/C39H45N5O2/c1-5-39(24-40)25-44(26(39)2)38(45)31-20-32-36(35(22-31)46-4)42(3)37(41-32)34-21-30-18-17-28(19-33(30)43(34)23-29-15-16-29)14-10-9-13-27-11-7-6-8-12-27/h6-8,10-12,14,17-22,26,29H,5,9,13,15-16,23-25,40H2,1-4H3/b14-10+/t26?,39-/m1/s1. The Morgan fingerprint density at radius 1 is 1.11 bits per heavy atom. The highest BCUT2D eigenvalue weighted by molar-refractivity contribution is 6.01. The van der Waals surface area contributed by atoms with E-state index in [1.165, 1.54) is 34.9 Å². The molecule has 1 amide bonds. The molecule has 7 nitrogen and oxygen atoms in total. The van der Waals surface area contributed by atoms with Gasteiger partial charge in [0.2, 0.25) is 0 Å². The van der Waals surface area contributed by atoms with E-state index in [2.05, 4.69) is 89.7 Å². The largest absolute Gasteiger partial charge is 0.494 e. The fourth-order valence-corrected chi connectivity index (χ4v) is 7.28. The molecule has 1 aliphatic heterocycles. The molecule has 238 valence electrons. The highest BCUT2D eigenvalue weighted by Gasteiger charge is 2.50. The van der Waals surface area contributed by atoms with E-state index in [1.807, 2.05) is 24.1 Å². The lowest BCUT2D eigenvalue weighted by Gasteiger charge is -2.56. The van der Waals surface area contributed by atoms with Crippen molar-refractivity contribution in [2.45, 2.75) is 58.5 Å². The quantitative estimate of drug-likeness (QED) is 0.167. The van der Waals surface area contributed by atoms with Crippen LogP contribution < -0.4 is 10.5 Å². The summed E-state index contributed by atoms with van der Waals surface area (Å²) in [5, 5.41) is 1.21. The van der Waals surface area contributed by atoms with E-state index in [0.29, 0.717) is 30.3 Å². The third-order valence-corrected chi connectivity index (χ3v) is 10.7. The summed E-state index contributed by atoms with van der Waals surface area (Å²) in [4.78, 5) is 20.8. The van der Waals surface area contributed by atoms with Gasteiger partial charge >= 0.3 is 0 Å². The molecule has 2 atom stereocenters. The molecular formula is C39H45N5O2. The zero-order valence-corrected chi connectivity index (χ0v) is 27.5. The topological polar surface area (TPSA) is 78.3 Å². The monoisotopic (exact) mass is 615 g/mol. The Hall–Kier alpha value is -4.36. The second kappa shape index (κ2) is 12.1. The summed E-state index contributed by atoms with van der Waals surface area (Å²) in [7, 11) is 3.71. The molecule has 3 aromatic carbocycles. The lowest BCUT2D eigenvalue weighted by atomic mass is 9.70. The zero-order valence-electron chi connectivity index (χ0n) is 27.5. The molecule has 0 radical (unpaired) electrons. The minimum absolute atomic E-state index is 0.00428. The zero-order chi connectivity index (χ0) is 32.0. The van der Waals surface area contributed by atoms with E-state index in [4.69, 9.17) is 15.5 Å². The third kappa shape index (κ3) is 5.30. The number of aryl methyl sites for hydroxylation is 2. The first-order valence-corrected chi connectivity index (χ1v) is 16.8. The molecule has 1 aliphatic carbocycles. The molecular weight excluding hydrogens is 570 g/mol. The number of carbonyl (C=O) groups excluding carboxylic acids is 1. The molecule has 46 heavy (non-hydrogen) atoms. The van der Waals surface area contributed by atoms with Crippen LogP contribution in [0.25, 0.3) is 39.5 Å². The van der Waals surface area contributed by atoms with Gasteiger partial charge in [-0.1, -0.05) is 61.5 Å². The number of hydrogen-bond acceptors (Lipinski definition) is 4. The maximum Gasteiger partial charge on any atom is 0.254 e. The number of rotatable bonds is 11. The Balaban J connectivity index is 1.23. The van der Waals surface area contributed by atoms with Crippen molar-refractivity contribution in [1.82, 2.24) is 19.0 Å². The third-order valence-electron chi connectivity index (χ3n) is 10.7. The second-order valence-electron chi connectivity index (χ2n) is 13.4. The van der Waals surface area contributed by atoms with Crippen LogP contribution >= 0.6 is 0 Å². The average Bonchev–Trinajstić information content (AvgIpc) is 3.76. The summed E-state index contributed by atoms with van der Waals surface area (Å²) >= 11 is 0. The summed E-state index contributed by atoms with van der Waals surface area (Å²) < 4.78 is 10.4. The first kappa shape index (κ1) is 30.3. The van der Waals surface area contributed by atoms with Crippen molar-refractivity contribution in [2.75, 3.05) is 20.2 Å². The van der Waals surface area contributed by atoms with E-state index in [9.17, 15) is 4.79 Å². The van der Waals surface area contributed by atoms with Crippen LogP contribution in [0, 0.1) is 11.3 Å². The number of nitrogens with two attached hydrogens (primary N) is 1. The average molecular weight is 616 g/mol. The number of likely N-dealkylation sites (tertiary alicyclic amines) is 1. The van der Waals surface area contributed by atoms with E-state index in [0.717, 1.165) is 48.4 Å². The molecule has 2 aliphatic rings. The minimum atomic E-state index is -0.00516. The van der Waals surface area contributed by atoms with E-state index < -0.39 is 0 Å². The maximum atomic E-state index is 13.7. The second-order valence-corrected chi connectivity index (χ2v) is 13.4. The Kier molecular flexibility index (Phi) is 7.97. The number of hydrogen-bond donors (Lipinski definition) is 1. The predicted octanol–water partition coefficient (Wildman–Crippen LogP) is 7.46. The number of nitrogens with zero attached hydrogens (tertiary/aromatic N) is 4. The highest BCUT2D eigenvalue weighted by atomic mass is 16.5. The molecule has 5 aromatic rings. The predicted molar refractivity (Wildman–Crippen MR) is 187 cm³/mol. The molecule has 1 saturated carbocycles. The van der Waals surface area contributed by atoms with Gasteiger partial charge in [0.25, 0.3) is 5.91 Å². The van der Waals surface area contributed by atoms with Crippen molar-refractivity contribution in [3.8, 4) is 17.3 Å². The number of amides is 1. The van der Waals surface area contributed by atoms with Gasteiger partial charge in [0.15, 0.2) is 5.82 Å². The number of ether oxygens (including phenoxy) is 1. The summed E-state index contributed by atoms with van der Waals surface area (Å²) in [6.45, 7) is 6.50. The van der Waals surface area contributed by atoms with Crippen LogP contribution in [0.4, 0.5) is 0 Å². The molecule has 0 spiro atoms. The van der Waals surface area contributed by atoms with Crippen LogP contribution in [-0.4, -0.2) is 51.2 Å². The number of aromatic nitrogens is 3. The molecule has 1 unspecified atom stereocenters. The first-order chi connectivity index (χ1) is 22.4. The van der Waals surface area contributed by atoms with Crippen molar-refractivity contribution in [1.29, 1.82) is 0 Å². The summed E-state index contributed by atoms with van der Waals surface area (Å²) in [5.74, 6) is 2.23. The van der Waals surface area contributed by atoms with Gasteiger partial charge < -0.3 is 24.5 Å². The van der Waals surface area contributed by atoms with Crippen molar-refractivity contribution in [3.05, 3.63) is 89.5 Å². The van der Waals surface area contributed by atoms with E-state index >= 15 is 0 Å². The Labute approximate surface area is 271 Å². The number of allylic oxidation sites excluding steroid dienone is 1. The minimum Gasteiger partial charge on any atom is -0.494 e. The summed E-state index contributed by atoms with van der Waals surface area (Å²) in [5.41, 5.74) is 13.3. The van der Waals surface area contributed by atoms with Gasteiger partial charge in [-0.05, 0) is 80.3 Å². The van der Waals surface area contributed by atoms with Gasteiger partial charge in [-0.3, -0.25) is 4.79 Å². The molecule has 7 rings (SSSR count). The van der Waals surface area contributed by atoms with Crippen LogP contribution in [0.1, 0.15) is 61.0 Å². The van der Waals surface area contributed by atoms with Crippen molar-refractivity contribution >= 4 is 33.9 Å². The smallest absolute Gasteiger partial charge is 0.254 e. The molecule has 2 N–H and O–H groups in total. The lowest BCUT2D eigenvalue weighted by Crippen LogP contribution is -2.67. The van der Waals surface area contributed by atoms with Crippen LogP contribution in [0.15, 0.2) is 72.8 Å². The molecule has 3 heterocycles. The van der Waals surface area contributed by atoms with Crippen LogP contribution in [-0.2, 0) is 20.0 Å². The van der Waals surface area contributed by atoms with Crippen LogP contribution in [0.5, 0.6) is 5.75 Å². The molecule has 1 saturated heterocycles. The summed E-state index contributed by atoms with van der Waals surface area (Å²) in [6.07, 6.45) is 10.0. The number of carbonyl (C=O) groups is 1.